The van der Waals surface area contributed by atoms with Crippen molar-refractivity contribution >= 4 is 17.4 Å². The van der Waals surface area contributed by atoms with E-state index in [1.54, 1.807) is 12.1 Å². The maximum absolute atomic E-state index is 13.3. The third-order valence-electron chi connectivity index (χ3n) is 3.97. The molecule has 0 aliphatic heterocycles. The molecule has 3 heteroatoms. The molecule has 0 bridgehead atoms. The van der Waals surface area contributed by atoms with Crippen molar-refractivity contribution in [1.82, 2.24) is 0 Å². The molecule has 1 aliphatic rings. The van der Waals surface area contributed by atoms with Crippen molar-refractivity contribution in [1.29, 1.82) is 0 Å². The number of hydrogen-bond acceptors (Lipinski definition) is 1. The quantitative estimate of drug-likeness (QED) is 0.790. The lowest BCUT2D eigenvalue weighted by molar-refractivity contribution is -0.122. The van der Waals surface area contributed by atoms with Crippen LogP contribution in [0.3, 0.4) is 0 Å². The molecule has 1 fully saturated rings. The molecule has 2 unspecified atom stereocenters. The predicted octanol–water partition coefficient (Wildman–Crippen LogP) is 4.42. The highest BCUT2D eigenvalue weighted by Gasteiger charge is 2.28. The molecular weight excluding hydrogens is 251 g/mol. The molecule has 0 saturated heterocycles. The lowest BCUT2D eigenvalue weighted by atomic mass is 9.95. The van der Waals surface area contributed by atoms with Crippen LogP contribution in [-0.2, 0) is 11.2 Å². The molecule has 1 aliphatic carbocycles. The van der Waals surface area contributed by atoms with Gasteiger partial charge in [-0.3, -0.25) is 4.79 Å². The van der Waals surface area contributed by atoms with Crippen LogP contribution in [0.5, 0.6) is 0 Å². The minimum atomic E-state index is -0.445. The Bertz CT molecular complexity index is 444. The lowest BCUT2D eigenvalue weighted by Crippen LogP contribution is -2.14. The van der Waals surface area contributed by atoms with E-state index in [0.29, 0.717) is 11.5 Å². The SMILES string of the molecule is CCC1CCC(C(=O)Cc2cccc(F)c2Cl)C1. The Kier molecular flexibility index (Phi) is 4.39. The van der Waals surface area contributed by atoms with Crippen molar-refractivity contribution < 1.29 is 9.18 Å². The zero-order chi connectivity index (χ0) is 13.1. The van der Waals surface area contributed by atoms with E-state index in [-0.39, 0.29) is 23.1 Å². The Balaban J connectivity index is 2.01. The Hall–Kier alpha value is -0.890. The van der Waals surface area contributed by atoms with Crippen LogP contribution in [0.4, 0.5) is 4.39 Å². The molecule has 98 valence electrons. The first-order valence-electron chi connectivity index (χ1n) is 6.57. The molecule has 0 N–H and O–H groups in total. The van der Waals surface area contributed by atoms with Gasteiger partial charge in [-0.1, -0.05) is 37.1 Å². The molecule has 0 spiro atoms. The van der Waals surface area contributed by atoms with Gasteiger partial charge in [0, 0.05) is 12.3 Å². The maximum atomic E-state index is 13.3. The molecule has 2 atom stereocenters. The standard InChI is InChI=1S/C15H18ClFO/c1-2-10-6-7-11(8-10)14(18)9-12-4-3-5-13(17)15(12)16/h3-5,10-11H,2,6-9H2,1H3. The fourth-order valence-electron chi connectivity index (χ4n) is 2.76. The van der Waals surface area contributed by atoms with Crippen molar-refractivity contribution in [3.63, 3.8) is 0 Å². The Morgan fingerprint density at radius 3 is 2.89 bits per heavy atom. The number of benzene rings is 1. The monoisotopic (exact) mass is 268 g/mol. The van der Waals surface area contributed by atoms with Gasteiger partial charge in [-0.25, -0.2) is 4.39 Å². The molecule has 18 heavy (non-hydrogen) atoms. The summed E-state index contributed by atoms with van der Waals surface area (Å²) in [5.41, 5.74) is 0.613. The number of ketones is 1. The van der Waals surface area contributed by atoms with Gasteiger partial charge in [-0.15, -0.1) is 0 Å². The third kappa shape index (κ3) is 2.92. The summed E-state index contributed by atoms with van der Waals surface area (Å²) in [6.07, 6.45) is 4.51. The van der Waals surface area contributed by atoms with E-state index in [2.05, 4.69) is 6.92 Å². The first-order chi connectivity index (χ1) is 8.61. The highest BCUT2D eigenvalue weighted by molar-refractivity contribution is 6.31. The van der Waals surface area contributed by atoms with E-state index < -0.39 is 5.82 Å². The fourth-order valence-corrected chi connectivity index (χ4v) is 2.95. The van der Waals surface area contributed by atoms with Crippen LogP contribution in [0.2, 0.25) is 5.02 Å². The average molecular weight is 269 g/mol. The van der Waals surface area contributed by atoms with E-state index in [1.165, 1.54) is 6.07 Å². The molecule has 1 aromatic rings. The molecule has 0 heterocycles. The number of carbonyl (C=O) groups excluding carboxylic acids is 1. The zero-order valence-electron chi connectivity index (χ0n) is 10.6. The molecule has 1 saturated carbocycles. The second kappa shape index (κ2) is 5.83. The highest BCUT2D eigenvalue weighted by Crippen LogP contribution is 2.34. The van der Waals surface area contributed by atoms with Crippen LogP contribution in [0.1, 0.15) is 38.2 Å². The topological polar surface area (TPSA) is 17.1 Å². The van der Waals surface area contributed by atoms with Crippen LogP contribution in [0.15, 0.2) is 18.2 Å². The van der Waals surface area contributed by atoms with E-state index >= 15 is 0 Å². The smallest absolute Gasteiger partial charge is 0.142 e. The minimum absolute atomic E-state index is 0.0934. The van der Waals surface area contributed by atoms with E-state index in [1.807, 2.05) is 0 Å². The summed E-state index contributed by atoms with van der Waals surface area (Å²) >= 11 is 5.87. The lowest BCUT2D eigenvalue weighted by Gasteiger charge is -2.10. The van der Waals surface area contributed by atoms with Crippen LogP contribution < -0.4 is 0 Å². The Morgan fingerprint density at radius 2 is 2.22 bits per heavy atom. The highest BCUT2D eigenvalue weighted by atomic mass is 35.5. The molecule has 0 aromatic heterocycles. The summed E-state index contributed by atoms with van der Waals surface area (Å²) in [6.45, 7) is 2.17. The minimum Gasteiger partial charge on any atom is -0.299 e. The number of rotatable bonds is 4. The fraction of sp³-hybridized carbons (Fsp3) is 0.533. The normalized spacial score (nSPS) is 23.3. The average Bonchev–Trinajstić information content (AvgIpc) is 2.83. The van der Waals surface area contributed by atoms with Gasteiger partial charge in [0.1, 0.15) is 11.6 Å². The zero-order valence-corrected chi connectivity index (χ0v) is 11.3. The second-order valence-electron chi connectivity index (χ2n) is 5.14. The van der Waals surface area contributed by atoms with Gasteiger partial charge in [0.25, 0.3) is 0 Å². The number of halogens is 2. The number of Topliss-reactive ketones (excluding diaryl/α,β-unsaturated/α-hetero) is 1. The summed E-state index contributed by atoms with van der Waals surface area (Å²) in [5.74, 6) is 0.592. The van der Waals surface area contributed by atoms with Crippen molar-refractivity contribution in [2.75, 3.05) is 0 Å². The molecular formula is C15H18ClFO. The molecule has 1 aromatic carbocycles. The van der Waals surface area contributed by atoms with E-state index in [9.17, 15) is 9.18 Å². The van der Waals surface area contributed by atoms with Gasteiger partial charge >= 0.3 is 0 Å². The molecule has 0 amide bonds. The molecule has 0 radical (unpaired) electrons. The summed E-state index contributed by atoms with van der Waals surface area (Å²) in [7, 11) is 0. The van der Waals surface area contributed by atoms with Gasteiger partial charge in [0.05, 0.1) is 5.02 Å². The number of carbonyl (C=O) groups is 1. The number of hydrogen-bond donors (Lipinski definition) is 0. The van der Waals surface area contributed by atoms with Crippen molar-refractivity contribution in [2.24, 2.45) is 11.8 Å². The second-order valence-corrected chi connectivity index (χ2v) is 5.52. The predicted molar refractivity (Wildman–Crippen MR) is 71.2 cm³/mol. The van der Waals surface area contributed by atoms with Gasteiger partial charge < -0.3 is 0 Å². The Labute approximate surface area is 112 Å². The van der Waals surface area contributed by atoms with Crippen molar-refractivity contribution in [3.8, 4) is 0 Å². The largest absolute Gasteiger partial charge is 0.299 e. The van der Waals surface area contributed by atoms with Crippen LogP contribution in [-0.4, -0.2) is 5.78 Å². The maximum Gasteiger partial charge on any atom is 0.142 e. The van der Waals surface area contributed by atoms with Crippen molar-refractivity contribution in [3.05, 3.63) is 34.6 Å². The first kappa shape index (κ1) is 13.5. The van der Waals surface area contributed by atoms with Gasteiger partial charge in [-0.05, 0) is 36.8 Å². The summed E-state index contributed by atoms with van der Waals surface area (Å²) in [6, 6.07) is 4.65. The van der Waals surface area contributed by atoms with Crippen LogP contribution >= 0.6 is 11.6 Å². The van der Waals surface area contributed by atoms with Gasteiger partial charge in [0.2, 0.25) is 0 Å². The van der Waals surface area contributed by atoms with Crippen LogP contribution in [0, 0.1) is 17.7 Å². The molecule has 1 nitrogen and oxygen atoms in total. The summed E-state index contributed by atoms with van der Waals surface area (Å²) in [5, 5.41) is 0.0934. The van der Waals surface area contributed by atoms with Gasteiger partial charge in [-0.2, -0.15) is 0 Å². The summed E-state index contributed by atoms with van der Waals surface area (Å²) < 4.78 is 13.3. The third-order valence-corrected chi connectivity index (χ3v) is 4.39. The molecule has 2 rings (SSSR count). The van der Waals surface area contributed by atoms with E-state index in [4.69, 9.17) is 11.6 Å². The first-order valence-corrected chi connectivity index (χ1v) is 6.95. The van der Waals surface area contributed by atoms with Crippen LogP contribution in [0.25, 0.3) is 0 Å². The summed E-state index contributed by atoms with van der Waals surface area (Å²) in [4.78, 5) is 12.2. The van der Waals surface area contributed by atoms with Crippen molar-refractivity contribution in [2.45, 2.75) is 39.0 Å². The van der Waals surface area contributed by atoms with E-state index in [0.717, 1.165) is 25.7 Å². The van der Waals surface area contributed by atoms with Gasteiger partial charge in [0.15, 0.2) is 0 Å². The Morgan fingerprint density at radius 1 is 1.44 bits per heavy atom.